The summed E-state index contributed by atoms with van der Waals surface area (Å²) in [5.41, 5.74) is 0.0679. The van der Waals surface area contributed by atoms with Crippen LogP contribution in [-0.2, 0) is 10.2 Å². The monoisotopic (exact) mass is 277 g/mol. The van der Waals surface area contributed by atoms with E-state index in [1.165, 1.54) is 6.42 Å². The summed E-state index contributed by atoms with van der Waals surface area (Å²) in [6.07, 6.45) is 7.57. The maximum absolute atomic E-state index is 5.91. The highest BCUT2D eigenvalue weighted by molar-refractivity contribution is 5.13. The molecule has 4 unspecified atom stereocenters. The van der Waals surface area contributed by atoms with E-state index in [2.05, 4.69) is 17.4 Å². The molecule has 1 aromatic rings. The molecule has 2 bridgehead atoms. The average molecular weight is 277 g/mol. The minimum atomic E-state index is 0.0679. The van der Waals surface area contributed by atoms with Gasteiger partial charge in [0.2, 0.25) is 5.89 Å². The van der Waals surface area contributed by atoms with Gasteiger partial charge in [-0.25, -0.2) is 0 Å². The van der Waals surface area contributed by atoms with E-state index in [1.807, 2.05) is 0 Å². The van der Waals surface area contributed by atoms with E-state index in [0.29, 0.717) is 18.1 Å². The fourth-order valence-electron chi connectivity index (χ4n) is 4.24. The molecule has 3 fully saturated rings. The van der Waals surface area contributed by atoms with Crippen molar-refractivity contribution in [3.05, 3.63) is 11.7 Å². The van der Waals surface area contributed by atoms with E-state index in [9.17, 15) is 0 Å². The number of hydrogen-bond donors (Lipinski definition) is 1. The molecule has 4 atom stereocenters. The lowest BCUT2D eigenvalue weighted by atomic mass is 9.82. The minimum Gasteiger partial charge on any atom is -0.374 e. The Bertz CT molecular complexity index is 481. The smallest absolute Gasteiger partial charge is 0.234 e. The molecule has 0 saturated carbocycles. The van der Waals surface area contributed by atoms with E-state index in [-0.39, 0.29) is 5.41 Å². The SMILES string of the molecule is CCCC1(c2nc(C3CC4CCC3O4)no2)CCNC1. The van der Waals surface area contributed by atoms with Gasteiger partial charge >= 0.3 is 0 Å². The second kappa shape index (κ2) is 4.81. The Morgan fingerprint density at radius 3 is 3.00 bits per heavy atom. The molecule has 0 amide bonds. The number of rotatable bonds is 4. The van der Waals surface area contributed by atoms with Crippen LogP contribution < -0.4 is 5.32 Å². The first-order valence-corrected chi connectivity index (χ1v) is 8.01. The van der Waals surface area contributed by atoms with Crippen LogP contribution >= 0.6 is 0 Å². The van der Waals surface area contributed by atoms with Crippen LogP contribution in [0.1, 0.15) is 63.1 Å². The van der Waals surface area contributed by atoms with E-state index in [1.54, 1.807) is 0 Å². The van der Waals surface area contributed by atoms with Gasteiger partial charge < -0.3 is 14.6 Å². The third kappa shape index (κ3) is 1.91. The van der Waals surface area contributed by atoms with E-state index >= 15 is 0 Å². The molecule has 20 heavy (non-hydrogen) atoms. The van der Waals surface area contributed by atoms with Crippen molar-refractivity contribution in [3.8, 4) is 0 Å². The molecule has 3 aliphatic heterocycles. The lowest BCUT2D eigenvalue weighted by Gasteiger charge is -2.22. The number of aromatic nitrogens is 2. The van der Waals surface area contributed by atoms with Gasteiger partial charge in [0, 0.05) is 6.54 Å². The predicted octanol–water partition coefficient (Wildman–Crippen LogP) is 2.14. The van der Waals surface area contributed by atoms with Gasteiger partial charge in [-0.05, 0) is 38.6 Å². The summed E-state index contributed by atoms with van der Waals surface area (Å²) in [6, 6.07) is 0. The molecule has 3 aliphatic rings. The van der Waals surface area contributed by atoms with Crippen LogP contribution in [0.3, 0.4) is 0 Å². The Morgan fingerprint density at radius 2 is 2.35 bits per heavy atom. The lowest BCUT2D eigenvalue weighted by molar-refractivity contribution is 0.0996. The molecular formula is C15H23N3O2. The predicted molar refractivity (Wildman–Crippen MR) is 73.6 cm³/mol. The zero-order valence-corrected chi connectivity index (χ0v) is 12.1. The quantitative estimate of drug-likeness (QED) is 0.913. The summed E-state index contributed by atoms with van der Waals surface area (Å²) in [7, 11) is 0. The molecule has 3 saturated heterocycles. The summed E-state index contributed by atoms with van der Waals surface area (Å²) in [4.78, 5) is 4.79. The summed E-state index contributed by atoms with van der Waals surface area (Å²) in [5, 5.41) is 7.74. The molecule has 5 nitrogen and oxygen atoms in total. The standard InChI is InChI=1S/C15H23N3O2/c1-2-5-15(6-7-16-9-15)14-17-13(18-20-14)11-8-10-3-4-12(11)19-10/h10-12,16H,2-9H2,1H3. The average Bonchev–Trinajstić information content (AvgIpc) is 3.22. The summed E-state index contributed by atoms with van der Waals surface area (Å²) >= 11 is 0. The molecule has 0 aliphatic carbocycles. The maximum Gasteiger partial charge on any atom is 0.234 e. The van der Waals surface area contributed by atoms with Crippen LogP contribution in [0.2, 0.25) is 0 Å². The third-order valence-corrected chi connectivity index (χ3v) is 5.31. The largest absolute Gasteiger partial charge is 0.374 e. The first-order chi connectivity index (χ1) is 9.81. The molecule has 0 radical (unpaired) electrons. The Hall–Kier alpha value is -0.940. The Kier molecular flexibility index (Phi) is 3.07. The topological polar surface area (TPSA) is 60.2 Å². The van der Waals surface area contributed by atoms with Crippen molar-refractivity contribution in [3.63, 3.8) is 0 Å². The fourth-order valence-corrected chi connectivity index (χ4v) is 4.24. The van der Waals surface area contributed by atoms with Gasteiger partial charge in [-0.1, -0.05) is 18.5 Å². The van der Waals surface area contributed by atoms with Crippen molar-refractivity contribution < 1.29 is 9.26 Å². The molecule has 1 N–H and O–H groups in total. The number of ether oxygens (including phenoxy) is 1. The van der Waals surface area contributed by atoms with Crippen LogP contribution in [0.5, 0.6) is 0 Å². The highest BCUT2D eigenvalue weighted by atomic mass is 16.5. The normalized spacial score (nSPS) is 39.8. The van der Waals surface area contributed by atoms with Gasteiger partial charge in [0.1, 0.15) is 0 Å². The van der Waals surface area contributed by atoms with Crippen LogP contribution in [0.4, 0.5) is 0 Å². The maximum atomic E-state index is 5.91. The fraction of sp³-hybridized carbons (Fsp3) is 0.867. The highest BCUT2D eigenvalue weighted by Gasteiger charge is 2.45. The second-order valence-corrected chi connectivity index (χ2v) is 6.63. The van der Waals surface area contributed by atoms with Crippen molar-refractivity contribution >= 4 is 0 Å². The summed E-state index contributed by atoms with van der Waals surface area (Å²) < 4.78 is 11.6. The van der Waals surface area contributed by atoms with Crippen molar-refractivity contribution in [2.45, 2.75) is 69.0 Å². The molecule has 0 aromatic carbocycles. The summed E-state index contributed by atoms with van der Waals surface area (Å²) in [5.74, 6) is 2.09. The van der Waals surface area contributed by atoms with E-state index < -0.39 is 0 Å². The number of nitrogens with zero attached hydrogens (tertiary/aromatic N) is 2. The Morgan fingerprint density at radius 1 is 1.40 bits per heavy atom. The van der Waals surface area contributed by atoms with Gasteiger partial charge in [0.25, 0.3) is 0 Å². The zero-order chi connectivity index (χ0) is 13.6. The summed E-state index contributed by atoms with van der Waals surface area (Å²) in [6.45, 7) is 4.24. The molecule has 1 aromatic heterocycles. The number of nitrogens with one attached hydrogen (secondary N) is 1. The zero-order valence-electron chi connectivity index (χ0n) is 12.1. The van der Waals surface area contributed by atoms with Crippen LogP contribution in [-0.4, -0.2) is 35.4 Å². The lowest BCUT2D eigenvalue weighted by Crippen LogP contribution is -2.29. The number of fused-ring (bicyclic) bond motifs is 2. The molecule has 4 rings (SSSR count). The van der Waals surface area contributed by atoms with Crippen molar-refractivity contribution in [2.75, 3.05) is 13.1 Å². The molecular weight excluding hydrogens is 254 g/mol. The Balaban J connectivity index is 1.58. The minimum absolute atomic E-state index is 0.0679. The molecule has 4 heterocycles. The van der Waals surface area contributed by atoms with E-state index in [4.69, 9.17) is 14.2 Å². The Labute approximate surface area is 119 Å². The first-order valence-electron chi connectivity index (χ1n) is 8.01. The van der Waals surface area contributed by atoms with Crippen LogP contribution in [0.15, 0.2) is 4.52 Å². The van der Waals surface area contributed by atoms with Crippen LogP contribution in [0.25, 0.3) is 0 Å². The van der Waals surface area contributed by atoms with Crippen molar-refractivity contribution in [1.82, 2.24) is 15.5 Å². The molecule has 5 heteroatoms. The third-order valence-electron chi connectivity index (χ3n) is 5.31. The number of hydrogen-bond acceptors (Lipinski definition) is 5. The van der Waals surface area contributed by atoms with Gasteiger partial charge in [0.15, 0.2) is 5.82 Å². The van der Waals surface area contributed by atoms with Crippen molar-refractivity contribution in [2.24, 2.45) is 0 Å². The molecule has 110 valence electrons. The van der Waals surface area contributed by atoms with Gasteiger partial charge in [-0.15, -0.1) is 0 Å². The van der Waals surface area contributed by atoms with Gasteiger partial charge in [-0.3, -0.25) is 0 Å². The van der Waals surface area contributed by atoms with Gasteiger partial charge in [-0.2, -0.15) is 4.98 Å². The highest BCUT2D eigenvalue weighted by Crippen LogP contribution is 2.44. The van der Waals surface area contributed by atoms with Crippen molar-refractivity contribution in [1.29, 1.82) is 0 Å². The van der Waals surface area contributed by atoms with Gasteiger partial charge in [0.05, 0.1) is 23.5 Å². The van der Waals surface area contributed by atoms with Crippen LogP contribution in [0, 0.1) is 0 Å². The first kappa shape index (κ1) is 12.8. The molecule has 0 spiro atoms. The van der Waals surface area contributed by atoms with E-state index in [0.717, 1.165) is 56.9 Å². The second-order valence-electron chi connectivity index (χ2n) is 6.63.